The molecule has 7 heteroatoms. The summed E-state index contributed by atoms with van der Waals surface area (Å²) in [6, 6.07) is 12.7. The van der Waals surface area contributed by atoms with E-state index in [0.717, 1.165) is 5.56 Å². The van der Waals surface area contributed by atoms with E-state index < -0.39 is 10.8 Å². The fourth-order valence-electron chi connectivity index (χ4n) is 3.52. The minimum atomic E-state index is -1.01. The van der Waals surface area contributed by atoms with Gasteiger partial charge in [0.15, 0.2) is 5.78 Å². The summed E-state index contributed by atoms with van der Waals surface area (Å²) in [4.78, 5) is 39.5. The summed E-state index contributed by atoms with van der Waals surface area (Å²) in [5.74, 6) is 0.840. The van der Waals surface area contributed by atoms with Gasteiger partial charge in [-0.25, -0.2) is 0 Å². The average Bonchev–Trinajstić information content (AvgIpc) is 2.73. The number of Topliss-reactive ketones (excluding diaryl/α,β-unsaturated/α-hetero) is 1. The van der Waals surface area contributed by atoms with Gasteiger partial charge >= 0.3 is 0 Å². The molecule has 0 fully saturated rings. The van der Waals surface area contributed by atoms with Crippen LogP contribution in [0.1, 0.15) is 50.5 Å². The van der Waals surface area contributed by atoms with Gasteiger partial charge in [-0.2, -0.15) is 0 Å². The summed E-state index contributed by atoms with van der Waals surface area (Å²) in [6.07, 6.45) is 0. The quantitative estimate of drug-likeness (QED) is 0.633. The standard InChI is InChI=1S/C24H28N2O4S/c1-6-30-21-12-11-17(15(2)27)13-18(21)14-31-16(3)22(28)26-20-10-8-7-9-19(20)25-23(29)24(26,4)5/h7-13,16H,6,14H2,1-5H3,(H,25,29)/t16-/m1/s1. The first kappa shape index (κ1) is 22.9. The smallest absolute Gasteiger partial charge is 0.250 e. The van der Waals surface area contributed by atoms with Gasteiger partial charge in [0.05, 0.1) is 23.2 Å². The lowest BCUT2D eigenvalue weighted by Crippen LogP contribution is -2.60. The molecule has 31 heavy (non-hydrogen) atoms. The van der Waals surface area contributed by atoms with Crippen LogP contribution < -0.4 is 15.0 Å². The van der Waals surface area contributed by atoms with Crippen molar-refractivity contribution >= 4 is 40.7 Å². The van der Waals surface area contributed by atoms with Crippen molar-refractivity contribution < 1.29 is 19.1 Å². The van der Waals surface area contributed by atoms with Gasteiger partial charge < -0.3 is 10.1 Å². The fraction of sp³-hybridized carbons (Fsp3) is 0.375. The molecule has 0 spiro atoms. The van der Waals surface area contributed by atoms with Gasteiger partial charge in [0.25, 0.3) is 0 Å². The second kappa shape index (κ2) is 9.14. The normalized spacial score (nSPS) is 15.6. The van der Waals surface area contributed by atoms with E-state index in [0.29, 0.717) is 35.0 Å². The first-order valence-electron chi connectivity index (χ1n) is 10.3. The van der Waals surface area contributed by atoms with E-state index in [4.69, 9.17) is 4.74 Å². The number of rotatable bonds is 7. The number of anilines is 2. The van der Waals surface area contributed by atoms with Crippen molar-refractivity contribution in [1.29, 1.82) is 0 Å². The molecule has 1 heterocycles. The minimum absolute atomic E-state index is 0.0175. The average molecular weight is 441 g/mol. The van der Waals surface area contributed by atoms with Crippen molar-refractivity contribution in [1.82, 2.24) is 0 Å². The predicted molar refractivity (Wildman–Crippen MR) is 125 cm³/mol. The number of ether oxygens (including phenoxy) is 1. The molecular formula is C24H28N2O4S. The molecule has 2 amide bonds. The fourth-order valence-corrected chi connectivity index (χ4v) is 4.43. The van der Waals surface area contributed by atoms with E-state index >= 15 is 0 Å². The molecule has 1 aliphatic rings. The summed E-state index contributed by atoms with van der Waals surface area (Å²) in [6.45, 7) is 9.28. The molecule has 1 N–H and O–H groups in total. The maximum atomic E-state index is 13.5. The van der Waals surface area contributed by atoms with Gasteiger partial charge in [0.1, 0.15) is 11.3 Å². The number of benzene rings is 2. The number of amides is 2. The molecule has 0 radical (unpaired) electrons. The van der Waals surface area contributed by atoms with Crippen LogP contribution in [0, 0.1) is 0 Å². The topological polar surface area (TPSA) is 75.7 Å². The Balaban J connectivity index is 1.84. The van der Waals surface area contributed by atoms with Crippen LogP contribution in [0.4, 0.5) is 11.4 Å². The molecule has 6 nitrogen and oxygen atoms in total. The molecule has 0 aliphatic carbocycles. The lowest BCUT2D eigenvalue weighted by molar-refractivity contribution is -0.126. The number of hydrogen-bond acceptors (Lipinski definition) is 5. The summed E-state index contributed by atoms with van der Waals surface area (Å²) in [5.41, 5.74) is 1.80. The Hall–Kier alpha value is -2.80. The molecule has 1 aliphatic heterocycles. The highest BCUT2D eigenvalue weighted by Crippen LogP contribution is 2.38. The van der Waals surface area contributed by atoms with Gasteiger partial charge in [0, 0.05) is 16.9 Å². The first-order valence-corrected chi connectivity index (χ1v) is 11.3. The van der Waals surface area contributed by atoms with Crippen molar-refractivity contribution in [3.63, 3.8) is 0 Å². The number of fused-ring (bicyclic) bond motifs is 1. The highest BCUT2D eigenvalue weighted by molar-refractivity contribution is 7.99. The van der Waals surface area contributed by atoms with Crippen molar-refractivity contribution in [2.24, 2.45) is 0 Å². The second-order valence-electron chi connectivity index (χ2n) is 7.97. The zero-order chi connectivity index (χ0) is 22.8. The van der Waals surface area contributed by atoms with E-state index in [-0.39, 0.29) is 17.6 Å². The van der Waals surface area contributed by atoms with Crippen molar-refractivity contribution in [3.8, 4) is 5.75 Å². The monoisotopic (exact) mass is 440 g/mol. The molecule has 2 aromatic carbocycles. The lowest BCUT2D eigenvalue weighted by atomic mass is 9.96. The number of hydrogen-bond donors (Lipinski definition) is 1. The van der Waals surface area contributed by atoms with Crippen LogP contribution in [0.5, 0.6) is 5.75 Å². The Labute approximate surface area is 187 Å². The van der Waals surface area contributed by atoms with Crippen LogP contribution in [0.25, 0.3) is 0 Å². The number of carbonyl (C=O) groups excluding carboxylic acids is 3. The third-order valence-corrected chi connectivity index (χ3v) is 6.51. The number of ketones is 1. The van der Waals surface area contributed by atoms with Crippen LogP contribution in [0.3, 0.4) is 0 Å². The maximum Gasteiger partial charge on any atom is 0.250 e. The number of carbonyl (C=O) groups is 3. The Morgan fingerprint density at radius 3 is 2.58 bits per heavy atom. The van der Waals surface area contributed by atoms with Crippen molar-refractivity contribution in [2.45, 2.75) is 51.2 Å². The summed E-state index contributed by atoms with van der Waals surface area (Å²) in [5, 5.41) is 2.47. The molecule has 164 valence electrons. The second-order valence-corrected chi connectivity index (χ2v) is 9.30. The number of nitrogens with one attached hydrogen (secondary N) is 1. The van der Waals surface area contributed by atoms with Crippen molar-refractivity contribution in [2.75, 3.05) is 16.8 Å². The SMILES string of the molecule is CCOc1ccc(C(C)=O)cc1CS[C@H](C)C(=O)N1c2ccccc2NC(=O)C1(C)C. The molecule has 0 unspecified atom stereocenters. The highest BCUT2D eigenvalue weighted by Gasteiger charge is 2.44. The molecule has 0 saturated carbocycles. The third-order valence-electron chi connectivity index (χ3n) is 5.33. The molecule has 2 aromatic rings. The summed E-state index contributed by atoms with van der Waals surface area (Å²) >= 11 is 1.45. The highest BCUT2D eigenvalue weighted by atomic mass is 32.2. The van der Waals surface area contributed by atoms with E-state index in [1.54, 1.807) is 36.9 Å². The first-order chi connectivity index (χ1) is 14.7. The molecule has 0 saturated heterocycles. The van der Waals surface area contributed by atoms with Gasteiger partial charge in [0.2, 0.25) is 11.8 Å². The summed E-state index contributed by atoms with van der Waals surface area (Å²) < 4.78 is 5.70. The van der Waals surface area contributed by atoms with E-state index in [1.165, 1.54) is 18.7 Å². The number of nitrogens with zero attached hydrogens (tertiary/aromatic N) is 1. The van der Waals surface area contributed by atoms with Crippen LogP contribution in [0.15, 0.2) is 42.5 Å². The Bertz CT molecular complexity index is 1020. The van der Waals surface area contributed by atoms with Crippen molar-refractivity contribution in [3.05, 3.63) is 53.6 Å². The van der Waals surface area contributed by atoms with E-state index in [1.807, 2.05) is 38.1 Å². The molecule has 0 bridgehead atoms. The van der Waals surface area contributed by atoms with Gasteiger partial charge in [-0.3, -0.25) is 19.3 Å². The van der Waals surface area contributed by atoms with Crippen LogP contribution in [0.2, 0.25) is 0 Å². The molecule has 1 atom stereocenters. The zero-order valence-electron chi connectivity index (χ0n) is 18.5. The van der Waals surface area contributed by atoms with E-state index in [9.17, 15) is 14.4 Å². The Morgan fingerprint density at radius 1 is 1.19 bits per heavy atom. The molecular weight excluding hydrogens is 412 g/mol. The van der Waals surface area contributed by atoms with Gasteiger partial charge in [-0.1, -0.05) is 12.1 Å². The van der Waals surface area contributed by atoms with Gasteiger partial charge in [-0.05, 0) is 65.0 Å². The Kier molecular flexibility index (Phi) is 6.74. The third kappa shape index (κ3) is 4.61. The number of thioether (sulfide) groups is 1. The summed E-state index contributed by atoms with van der Waals surface area (Å²) in [7, 11) is 0. The van der Waals surface area contributed by atoms with Gasteiger partial charge in [-0.15, -0.1) is 11.8 Å². The van der Waals surface area contributed by atoms with Crippen LogP contribution in [-0.2, 0) is 15.3 Å². The van der Waals surface area contributed by atoms with Crippen LogP contribution in [-0.4, -0.2) is 35.0 Å². The largest absolute Gasteiger partial charge is 0.494 e. The predicted octanol–water partition coefficient (Wildman–Crippen LogP) is 4.67. The number of para-hydroxylation sites is 2. The minimum Gasteiger partial charge on any atom is -0.494 e. The molecule has 0 aromatic heterocycles. The van der Waals surface area contributed by atoms with E-state index in [2.05, 4.69) is 5.32 Å². The Morgan fingerprint density at radius 2 is 1.90 bits per heavy atom. The molecule has 3 rings (SSSR count). The lowest BCUT2D eigenvalue weighted by Gasteiger charge is -2.43. The van der Waals surface area contributed by atoms with Crippen LogP contribution >= 0.6 is 11.8 Å². The zero-order valence-corrected chi connectivity index (χ0v) is 19.3. The maximum absolute atomic E-state index is 13.5.